The molecular weight excluding hydrogens is 286 g/mol. The zero-order valence-electron chi connectivity index (χ0n) is 13.1. The average Bonchev–Trinajstić information content (AvgIpc) is 2.60. The SMILES string of the molecule is CCN1CC(=Cc2cccnc2)C(=O)C(=Cc2cccnc2)C1. The Bertz CT molecular complexity index is 674. The molecule has 1 aliphatic heterocycles. The molecule has 0 spiro atoms. The lowest BCUT2D eigenvalue weighted by Crippen LogP contribution is -2.37. The number of Topliss-reactive ketones (excluding diaryl/α,β-unsaturated/α-hetero) is 1. The van der Waals surface area contributed by atoms with E-state index in [0.717, 1.165) is 28.8 Å². The second kappa shape index (κ2) is 7.11. The Morgan fingerprint density at radius 1 is 1.00 bits per heavy atom. The maximum Gasteiger partial charge on any atom is 0.187 e. The van der Waals surface area contributed by atoms with Crippen molar-refractivity contribution in [2.45, 2.75) is 6.92 Å². The van der Waals surface area contributed by atoms with Crippen LogP contribution in [0.1, 0.15) is 18.1 Å². The van der Waals surface area contributed by atoms with E-state index in [1.807, 2.05) is 36.4 Å². The molecule has 4 heteroatoms. The molecule has 1 saturated heterocycles. The Kier molecular flexibility index (Phi) is 4.74. The summed E-state index contributed by atoms with van der Waals surface area (Å²) in [4.78, 5) is 23.3. The second-order valence-corrected chi connectivity index (χ2v) is 5.54. The van der Waals surface area contributed by atoms with Crippen LogP contribution in [0.5, 0.6) is 0 Å². The Balaban J connectivity index is 1.94. The van der Waals surface area contributed by atoms with E-state index >= 15 is 0 Å². The van der Waals surface area contributed by atoms with E-state index in [1.54, 1.807) is 24.8 Å². The normalized spacial score (nSPS) is 19.4. The molecule has 0 unspecified atom stereocenters. The quantitative estimate of drug-likeness (QED) is 0.818. The highest BCUT2D eigenvalue weighted by Gasteiger charge is 2.25. The first-order valence-corrected chi connectivity index (χ1v) is 7.74. The van der Waals surface area contributed by atoms with Crippen LogP contribution in [0.25, 0.3) is 12.2 Å². The van der Waals surface area contributed by atoms with Crippen LogP contribution in [0.2, 0.25) is 0 Å². The van der Waals surface area contributed by atoms with Crippen LogP contribution in [0.3, 0.4) is 0 Å². The minimum Gasteiger partial charge on any atom is -0.295 e. The van der Waals surface area contributed by atoms with Gasteiger partial charge in [-0.05, 0) is 42.0 Å². The van der Waals surface area contributed by atoms with Crippen molar-refractivity contribution >= 4 is 17.9 Å². The van der Waals surface area contributed by atoms with E-state index < -0.39 is 0 Å². The van der Waals surface area contributed by atoms with Crippen molar-refractivity contribution < 1.29 is 4.79 Å². The molecule has 116 valence electrons. The summed E-state index contributed by atoms with van der Waals surface area (Å²) in [6, 6.07) is 7.68. The molecule has 1 aliphatic rings. The lowest BCUT2D eigenvalue weighted by molar-refractivity contribution is -0.113. The summed E-state index contributed by atoms with van der Waals surface area (Å²) < 4.78 is 0. The van der Waals surface area contributed by atoms with Crippen LogP contribution in [0, 0.1) is 0 Å². The highest BCUT2D eigenvalue weighted by Crippen LogP contribution is 2.21. The number of aromatic nitrogens is 2. The third kappa shape index (κ3) is 3.79. The van der Waals surface area contributed by atoms with Crippen molar-refractivity contribution in [2.24, 2.45) is 0 Å². The van der Waals surface area contributed by atoms with Crippen LogP contribution in [0.15, 0.2) is 60.2 Å². The summed E-state index contributed by atoms with van der Waals surface area (Å²) in [5.74, 6) is 0.113. The third-order valence-corrected chi connectivity index (χ3v) is 3.87. The van der Waals surface area contributed by atoms with E-state index in [4.69, 9.17) is 0 Å². The van der Waals surface area contributed by atoms with Gasteiger partial charge in [-0.2, -0.15) is 0 Å². The largest absolute Gasteiger partial charge is 0.295 e. The van der Waals surface area contributed by atoms with Crippen molar-refractivity contribution in [3.8, 4) is 0 Å². The molecule has 4 nitrogen and oxygen atoms in total. The number of carbonyl (C=O) groups excluding carboxylic acids is 1. The Morgan fingerprint density at radius 2 is 1.52 bits per heavy atom. The molecule has 0 saturated carbocycles. The number of likely N-dealkylation sites (tertiary alicyclic amines) is 1. The number of carbonyl (C=O) groups is 1. The summed E-state index contributed by atoms with van der Waals surface area (Å²) >= 11 is 0. The number of piperidine rings is 1. The fourth-order valence-electron chi connectivity index (χ4n) is 2.66. The number of rotatable bonds is 3. The highest BCUT2D eigenvalue weighted by atomic mass is 16.1. The summed E-state index contributed by atoms with van der Waals surface area (Å²) in [6.07, 6.45) is 10.9. The molecule has 0 radical (unpaired) electrons. The molecule has 2 aromatic rings. The lowest BCUT2D eigenvalue weighted by atomic mass is 9.95. The molecule has 3 heterocycles. The molecule has 23 heavy (non-hydrogen) atoms. The number of likely N-dealkylation sites (N-methyl/N-ethyl adjacent to an activating group) is 1. The monoisotopic (exact) mass is 305 g/mol. The topological polar surface area (TPSA) is 46.1 Å². The lowest BCUT2D eigenvalue weighted by Gasteiger charge is -2.28. The summed E-state index contributed by atoms with van der Waals surface area (Å²) in [7, 11) is 0. The van der Waals surface area contributed by atoms with Crippen LogP contribution >= 0.6 is 0 Å². The van der Waals surface area contributed by atoms with Crippen LogP contribution in [-0.4, -0.2) is 40.3 Å². The fraction of sp³-hybridized carbons (Fsp3) is 0.211. The van der Waals surface area contributed by atoms with Gasteiger partial charge in [0, 0.05) is 49.0 Å². The molecule has 0 aliphatic carbocycles. The molecule has 1 fully saturated rings. The van der Waals surface area contributed by atoms with Gasteiger partial charge in [0.05, 0.1) is 0 Å². The predicted octanol–water partition coefficient (Wildman–Crippen LogP) is 2.85. The van der Waals surface area contributed by atoms with Crippen molar-refractivity contribution in [3.63, 3.8) is 0 Å². The number of nitrogens with zero attached hydrogens (tertiary/aromatic N) is 3. The first kappa shape index (κ1) is 15.3. The third-order valence-electron chi connectivity index (χ3n) is 3.87. The van der Waals surface area contributed by atoms with E-state index in [9.17, 15) is 4.79 Å². The molecule has 0 aromatic carbocycles. The molecule has 2 aromatic heterocycles. The summed E-state index contributed by atoms with van der Waals surface area (Å²) in [6.45, 7) is 4.37. The van der Waals surface area contributed by atoms with Crippen molar-refractivity contribution in [2.75, 3.05) is 19.6 Å². The zero-order valence-corrected chi connectivity index (χ0v) is 13.1. The molecule has 0 N–H and O–H groups in total. The highest BCUT2D eigenvalue weighted by molar-refractivity contribution is 6.14. The first-order chi connectivity index (χ1) is 11.3. The zero-order chi connectivity index (χ0) is 16.1. The average molecular weight is 305 g/mol. The summed E-state index contributed by atoms with van der Waals surface area (Å²) in [5.41, 5.74) is 3.52. The van der Waals surface area contributed by atoms with Crippen LogP contribution in [-0.2, 0) is 4.79 Å². The molecular formula is C19H19N3O. The molecule has 0 amide bonds. The van der Waals surface area contributed by atoms with Gasteiger partial charge in [0.1, 0.15) is 0 Å². The smallest absolute Gasteiger partial charge is 0.187 e. The minimum absolute atomic E-state index is 0.113. The second-order valence-electron chi connectivity index (χ2n) is 5.54. The maximum absolute atomic E-state index is 12.8. The van der Waals surface area contributed by atoms with Crippen molar-refractivity contribution in [3.05, 3.63) is 71.3 Å². The number of pyridine rings is 2. The van der Waals surface area contributed by atoms with Gasteiger partial charge < -0.3 is 0 Å². The first-order valence-electron chi connectivity index (χ1n) is 7.74. The van der Waals surface area contributed by atoms with Gasteiger partial charge in [-0.3, -0.25) is 19.7 Å². The van der Waals surface area contributed by atoms with Crippen LogP contribution in [0.4, 0.5) is 0 Å². The van der Waals surface area contributed by atoms with Crippen LogP contribution < -0.4 is 0 Å². The van der Waals surface area contributed by atoms with Gasteiger partial charge in [0.25, 0.3) is 0 Å². The Morgan fingerprint density at radius 3 is 1.91 bits per heavy atom. The van der Waals surface area contributed by atoms with Crippen molar-refractivity contribution in [1.82, 2.24) is 14.9 Å². The van der Waals surface area contributed by atoms with E-state index in [-0.39, 0.29) is 5.78 Å². The Hall–Kier alpha value is -2.59. The van der Waals surface area contributed by atoms with Gasteiger partial charge in [-0.1, -0.05) is 19.1 Å². The van der Waals surface area contributed by atoms with Gasteiger partial charge in [0.15, 0.2) is 5.78 Å². The molecule has 3 rings (SSSR count). The number of hydrogen-bond donors (Lipinski definition) is 0. The standard InChI is InChI=1S/C19H19N3O/c1-2-22-13-17(9-15-5-3-7-20-11-15)19(23)18(14-22)10-16-6-4-8-21-12-16/h3-12H,2,13-14H2,1H3. The number of hydrogen-bond acceptors (Lipinski definition) is 4. The van der Waals surface area contributed by atoms with Crippen molar-refractivity contribution in [1.29, 1.82) is 0 Å². The maximum atomic E-state index is 12.8. The molecule has 0 bridgehead atoms. The summed E-state index contributed by atoms with van der Waals surface area (Å²) in [5, 5.41) is 0. The fourth-order valence-corrected chi connectivity index (χ4v) is 2.66. The van der Waals surface area contributed by atoms with Gasteiger partial charge in [-0.15, -0.1) is 0 Å². The predicted molar refractivity (Wildman–Crippen MR) is 91.5 cm³/mol. The van der Waals surface area contributed by atoms with Gasteiger partial charge in [0.2, 0.25) is 0 Å². The van der Waals surface area contributed by atoms with Gasteiger partial charge in [-0.25, -0.2) is 0 Å². The van der Waals surface area contributed by atoms with E-state index in [0.29, 0.717) is 13.1 Å². The van der Waals surface area contributed by atoms with Gasteiger partial charge >= 0.3 is 0 Å². The minimum atomic E-state index is 0.113. The number of ketones is 1. The van der Waals surface area contributed by atoms with E-state index in [2.05, 4.69) is 21.8 Å². The Labute approximate surface area is 136 Å². The molecule has 0 atom stereocenters. The van der Waals surface area contributed by atoms with E-state index in [1.165, 1.54) is 0 Å².